The van der Waals surface area contributed by atoms with E-state index in [1.165, 1.54) is 0 Å². The normalized spacial score (nSPS) is 13.1. The minimum absolute atomic E-state index is 0.656. The number of nitrogens with zero attached hydrogens (tertiary/aromatic N) is 4. The third-order valence-corrected chi connectivity index (χ3v) is 2.17. The van der Waals surface area contributed by atoms with Crippen molar-refractivity contribution in [2.24, 2.45) is 14.1 Å². The van der Waals surface area contributed by atoms with Crippen molar-refractivity contribution in [2.75, 3.05) is 0 Å². The first-order chi connectivity index (χ1) is 6.68. The highest BCUT2D eigenvalue weighted by atomic mass is 16.3. The molecular formula is C9H12N4O. The molecule has 0 amide bonds. The number of aliphatic hydroxyl groups excluding tert-OH is 1. The summed E-state index contributed by atoms with van der Waals surface area (Å²) in [5, 5.41) is 14.0. The van der Waals surface area contributed by atoms with Gasteiger partial charge in [0, 0.05) is 25.9 Å². The highest BCUT2D eigenvalue weighted by molar-refractivity contribution is 5.19. The first-order valence-electron chi connectivity index (χ1n) is 4.31. The molecule has 0 saturated heterocycles. The number of rotatable bonds is 2. The van der Waals surface area contributed by atoms with E-state index in [-0.39, 0.29) is 0 Å². The zero-order chi connectivity index (χ0) is 10.1. The molecule has 0 aliphatic carbocycles. The van der Waals surface area contributed by atoms with Crippen LogP contribution in [0.2, 0.25) is 0 Å². The van der Waals surface area contributed by atoms with Crippen LogP contribution in [0.25, 0.3) is 0 Å². The van der Waals surface area contributed by atoms with Gasteiger partial charge in [-0.1, -0.05) is 0 Å². The van der Waals surface area contributed by atoms with E-state index in [9.17, 15) is 5.11 Å². The molecule has 1 atom stereocenters. The zero-order valence-electron chi connectivity index (χ0n) is 8.12. The van der Waals surface area contributed by atoms with Crippen LogP contribution < -0.4 is 0 Å². The van der Waals surface area contributed by atoms with Gasteiger partial charge in [-0.3, -0.25) is 4.68 Å². The van der Waals surface area contributed by atoms with E-state index in [2.05, 4.69) is 10.1 Å². The van der Waals surface area contributed by atoms with E-state index in [0.29, 0.717) is 0 Å². The molecule has 1 unspecified atom stereocenters. The largest absolute Gasteiger partial charge is 0.382 e. The Morgan fingerprint density at radius 1 is 1.36 bits per heavy atom. The summed E-state index contributed by atoms with van der Waals surface area (Å²) in [7, 11) is 3.67. The summed E-state index contributed by atoms with van der Waals surface area (Å²) in [6.07, 6.45) is 6.10. The Hall–Kier alpha value is -1.62. The second-order valence-electron chi connectivity index (χ2n) is 3.28. The SMILES string of the molecule is Cn1cc(C(O)c2cncn2C)cn1. The van der Waals surface area contributed by atoms with Crippen LogP contribution in [-0.2, 0) is 14.1 Å². The van der Waals surface area contributed by atoms with Gasteiger partial charge < -0.3 is 9.67 Å². The maximum absolute atomic E-state index is 9.96. The summed E-state index contributed by atoms with van der Waals surface area (Å²) in [5.41, 5.74) is 1.54. The van der Waals surface area contributed by atoms with Crippen molar-refractivity contribution >= 4 is 0 Å². The van der Waals surface area contributed by atoms with E-state index in [1.807, 2.05) is 14.1 Å². The summed E-state index contributed by atoms with van der Waals surface area (Å²) in [5.74, 6) is 0. The molecule has 74 valence electrons. The van der Waals surface area contributed by atoms with Crippen LogP contribution >= 0.6 is 0 Å². The fourth-order valence-corrected chi connectivity index (χ4v) is 1.38. The van der Waals surface area contributed by atoms with Gasteiger partial charge in [0.2, 0.25) is 0 Å². The highest BCUT2D eigenvalue weighted by Crippen LogP contribution is 2.19. The second kappa shape index (κ2) is 3.26. The van der Waals surface area contributed by atoms with Crippen molar-refractivity contribution in [1.82, 2.24) is 19.3 Å². The third-order valence-electron chi connectivity index (χ3n) is 2.17. The van der Waals surface area contributed by atoms with E-state index >= 15 is 0 Å². The zero-order valence-corrected chi connectivity index (χ0v) is 8.12. The average molecular weight is 192 g/mol. The molecule has 5 heteroatoms. The summed E-state index contributed by atoms with van der Waals surface area (Å²) < 4.78 is 3.45. The molecule has 0 saturated carbocycles. The molecule has 2 rings (SSSR count). The van der Waals surface area contributed by atoms with Crippen LogP contribution in [0.1, 0.15) is 17.4 Å². The quantitative estimate of drug-likeness (QED) is 0.741. The van der Waals surface area contributed by atoms with Gasteiger partial charge in [0.25, 0.3) is 0 Å². The minimum Gasteiger partial charge on any atom is -0.382 e. The lowest BCUT2D eigenvalue weighted by Crippen LogP contribution is -2.04. The summed E-state index contributed by atoms with van der Waals surface area (Å²) in [6, 6.07) is 0. The molecule has 1 N–H and O–H groups in total. The maximum Gasteiger partial charge on any atom is 0.124 e. The Labute approximate surface area is 81.6 Å². The number of hydrogen-bond acceptors (Lipinski definition) is 3. The van der Waals surface area contributed by atoms with E-state index < -0.39 is 6.10 Å². The Balaban J connectivity index is 2.33. The Morgan fingerprint density at radius 2 is 2.14 bits per heavy atom. The Bertz CT molecular complexity index is 431. The number of aromatic nitrogens is 4. The molecule has 0 aliphatic rings. The predicted molar refractivity (Wildman–Crippen MR) is 50.5 cm³/mol. The van der Waals surface area contributed by atoms with Crippen LogP contribution in [0, 0.1) is 0 Å². The van der Waals surface area contributed by atoms with Gasteiger partial charge in [-0.15, -0.1) is 0 Å². The molecule has 0 bridgehead atoms. The molecule has 0 aliphatic heterocycles. The number of imidazole rings is 1. The van der Waals surface area contributed by atoms with Crippen molar-refractivity contribution in [1.29, 1.82) is 0 Å². The van der Waals surface area contributed by atoms with E-state index in [4.69, 9.17) is 0 Å². The monoisotopic (exact) mass is 192 g/mol. The first-order valence-corrected chi connectivity index (χ1v) is 4.31. The molecule has 0 radical (unpaired) electrons. The van der Waals surface area contributed by atoms with Gasteiger partial charge in [0.1, 0.15) is 6.10 Å². The first kappa shape index (κ1) is 8.96. The molecule has 0 aromatic carbocycles. The lowest BCUT2D eigenvalue weighted by molar-refractivity contribution is 0.211. The Morgan fingerprint density at radius 3 is 2.64 bits per heavy atom. The standard InChI is InChI=1S/C9H12N4O/c1-12-6-10-4-8(12)9(14)7-3-11-13(2)5-7/h3-6,9,14H,1-2H3. The van der Waals surface area contributed by atoms with E-state index in [1.54, 1.807) is 34.2 Å². The smallest absolute Gasteiger partial charge is 0.124 e. The number of aliphatic hydroxyl groups is 1. The predicted octanol–water partition coefficient (Wildman–Crippen LogP) is 0.235. The molecule has 2 aromatic rings. The van der Waals surface area contributed by atoms with Crippen molar-refractivity contribution < 1.29 is 5.11 Å². The topological polar surface area (TPSA) is 55.9 Å². The molecule has 5 nitrogen and oxygen atoms in total. The van der Waals surface area contributed by atoms with Gasteiger partial charge in [-0.25, -0.2) is 4.98 Å². The third kappa shape index (κ3) is 1.42. The van der Waals surface area contributed by atoms with E-state index in [0.717, 1.165) is 11.3 Å². The molecular weight excluding hydrogens is 180 g/mol. The molecule has 2 aromatic heterocycles. The lowest BCUT2D eigenvalue weighted by Gasteiger charge is -2.08. The maximum atomic E-state index is 9.96. The van der Waals surface area contributed by atoms with Gasteiger partial charge >= 0.3 is 0 Å². The number of aryl methyl sites for hydroxylation is 2. The van der Waals surface area contributed by atoms with Crippen LogP contribution in [0.5, 0.6) is 0 Å². The van der Waals surface area contributed by atoms with Crippen molar-refractivity contribution in [3.8, 4) is 0 Å². The van der Waals surface area contributed by atoms with Gasteiger partial charge in [-0.2, -0.15) is 5.10 Å². The molecule has 14 heavy (non-hydrogen) atoms. The molecule has 2 heterocycles. The fraction of sp³-hybridized carbons (Fsp3) is 0.333. The highest BCUT2D eigenvalue weighted by Gasteiger charge is 2.14. The van der Waals surface area contributed by atoms with Crippen LogP contribution in [0.15, 0.2) is 24.9 Å². The lowest BCUT2D eigenvalue weighted by atomic mass is 10.1. The van der Waals surface area contributed by atoms with Crippen LogP contribution in [0.4, 0.5) is 0 Å². The van der Waals surface area contributed by atoms with Gasteiger partial charge in [0.05, 0.1) is 24.4 Å². The van der Waals surface area contributed by atoms with Crippen molar-refractivity contribution in [3.63, 3.8) is 0 Å². The summed E-state index contributed by atoms with van der Waals surface area (Å²) in [6.45, 7) is 0. The van der Waals surface area contributed by atoms with Crippen LogP contribution in [-0.4, -0.2) is 24.4 Å². The molecule has 0 fully saturated rings. The second-order valence-corrected chi connectivity index (χ2v) is 3.28. The average Bonchev–Trinajstić information content (AvgIpc) is 2.73. The fourth-order valence-electron chi connectivity index (χ4n) is 1.38. The van der Waals surface area contributed by atoms with Gasteiger partial charge in [-0.05, 0) is 0 Å². The van der Waals surface area contributed by atoms with Crippen molar-refractivity contribution in [3.05, 3.63) is 36.2 Å². The number of hydrogen-bond donors (Lipinski definition) is 1. The summed E-state index contributed by atoms with van der Waals surface area (Å²) >= 11 is 0. The summed E-state index contributed by atoms with van der Waals surface area (Å²) in [4.78, 5) is 3.95. The minimum atomic E-state index is -0.656. The van der Waals surface area contributed by atoms with Crippen LogP contribution in [0.3, 0.4) is 0 Å². The van der Waals surface area contributed by atoms with Gasteiger partial charge in [0.15, 0.2) is 0 Å². The Kier molecular flexibility index (Phi) is 2.09. The van der Waals surface area contributed by atoms with Crippen molar-refractivity contribution in [2.45, 2.75) is 6.10 Å². The molecule has 0 spiro atoms.